The molecule has 1 aromatic carbocycles. The van der Waals surface area contributed by atoms with Crippen molar-refractivity contribution >= 4 is 17.3 Å². The third-order valence-electron chi connectivity index (χ3n) is 5.94. The Labute approximate surface area is 218 Å². The molecular weight excluding hydrogens is 496 g/mol. The molecule has 0 N–H and O–H groups in total. The largest absolute Gasteiger partial charge is 0.486 e. The van der Waals surface area contributed by atoms with Gasteiger partial charge in [0, 0.05) is 47.7 Å². The molecule has 0 radical (unpaired) electrons. The van der Waals surface area contributed by atoms with E-state index in [-0.39, 0.29) is 12.3 Å². The first-order chi connectivity index (χ1) is 17.9. The number of aromatic nitrogens is 4. The van der Waals surface area contributed by atoms with Crippen LogP contribution in [-0.2, 0) is 11.3 Å². The molecule has 9 heteroatoms. The molecule has 4 aromatic rings. The van der Waals surface area contributed by atoms with Crippen LogP contribution in [0.4, 0.5) is 14.5 Å². The molecule has 1 aliphatic rings. The van der Waals surface area contributed by atoms with Gasteiger partial charge in [-0.2, -0.15) is 0 Å². The van der Waals surface area contributed by atoms with E-state index >= 15 is 0 Å². The van der Waals surface area contributed by atoms with Crippen LogP contribution in [0.2, 0.25) is 0 Å². The Bertz CT molecular complexity index is 1510. The van der Waals surface area contributed by atoms with Crippen LogP contribution in [0.3, 0.4) is 0 Å². The van der Waals surface area contributed by atoms with Gasteiger partial charge in [-0.05, 0) is 31.5 Å². The topological polar surface area (TPSA) is 64.0 Å². The molecule has 0 amide bonds. The molecule has 0 fully saturated rings. The van der Waals surface area contributed by atoms with Crippen LogP contribution in [0.1, 0.15) is 29.9 Å². The van der Waals surface area contributed by atoms with Gasteiger partial charge in [0.15, 0.2) is 11.6 Å². The number of anilines is 1. The first kappa shape index (κ1) is 24.5. The van der Waals surface area contributed by atoms with E-state index in [2.05, 4.69) is 19.9 Å². The third kappa shape index (κ3) is 5.06. The standard InChI is InChI=1S/C28H22ClF2N5O/c1-17-14-32-10-9-24(17)36-18(2)12-25(37-16-23-21(31)13-20(30)15-34-23)26(29)27(36)22-8-11-33-28(35-22)19-6-4-3-5-7-19/h3-15,27H,16H2,1-2H3. The van der Waals surface area contributed by atoms with Gasteiger partial charge < -0.3 is 9.64 Å². The quantitative estimate of drug-likeness (QED) is 0.285. The molecule has 0 bridgehead atoms. The number of rotatable bonds is 6. The molecular formula is C28H22ClF2N5O. The molecule has 3 aromatic heterocycles. The molecule has 0 saturated heterocycles. The number of hydrogen-bond donors (Lipinski definition) is 0. The van der Waals surface area contributed by atoms with Gasteiger partial charge >= 0.3 is 0 Å². The van der Waals surface area contributed by atoms with Crippen molar-refractivity contribution in [2.45, 2.75) is 26.5 Å². The molecule has 5 rings (SSSR count). The Kier molecular flexibility index (Phi) is 6.92. The van der Waals surface area contributed by atoms with Crippen molar-refractivity contribution in [2.75, 3.05) is 4.90 Å². The minimum absolute atomic E-state index is 0.0261. The molecule has 37 heavy (non-hydrogen) atoms. The van der Waals surface area contributed by atoms with E-state index in [4.69, 9.17) is 21.3 Å². The molecule has 1 unspecified atom stereocenters. The van der Waals surface area contributed by atoms with Crippen molar-refractivity contribution in [3.05, 3.63) is 124 Å². The molecule has 1 atom stereocenters. The molecule has 4 heterocycles. The number of halogens is 3. The Morgan fingerprint density at radius 3 is 2.57 bits per heavy atom. The maximum absolute atomic E-state index is 14.2. The van der Waals surface area contributed by atoms with E-state index in [1.807, 2.05) is 50.2 Å². The van der Waals surface area contributed by atoms with Gasteiger partial charge in [-0.25, -0.2) is 18.7 Å². The highest BCUT2D eigenvalue weighted by Crippen LogP contribution is 2.43. The van der Waals surface area contributed by atoms with Gasteiger partial charge in [-0.15, -0.1) is 0 Å². The summed E-state index contributed by atoms with van der Waals surface area (Å²) in [4.78, 5) is 19.4. The van der Waals surface area contributed by atoms with Crippen LogP contribution in [0, 0.1) is 18.6 Å². The van der Waals surface area contributed by atoms with Gasteiger partial charge in [0.1, 0.15) is 29.9 Å². The Morgan fingerprint density at radius 2 is 1.81 bits per heavy atom. The third-order valence-corrected chi connectivity index (χ3v) is 6.33. The van der Waals surface area contributed by atoms with Crippen molar-refractivity contribution in [1.29, 1.82) is 0 Å². The summed E-state index contributed by atoms with van der Waals surface area (Å²) in [6, 6.07) is 13.6. The van der Waals surface area contributed by atoms with Crippen molar-refractivity contribution in [3.63, 3.8) is 0 Å². The summed E-state index contributed by atoms with van der Waals surface area (Å²) in [5.74, 6) is -0.644. The number of nitrogens with zero attached hydrogens (tertiary/aromatic N) is 5. The van der Waals surface area contributed by atoms with Crippen LogP contribution >= 0.6 is 11.6 Å². The first-order valence-electron chi connectivity index (χ1n) is 11.5. The van der Waals surface area contributed by atoms with Crippen LogP contribution in [0.25, 0.3) is 11.4 Å². The zero-order valence-corrected chi connectivity index (χ0v) is 20.8. The van der Waals surface area contributed by atoms with E-state index in [0.717, 1.165) is 34.8 Å². The lowest BCUT2D eigenvalue weighted by Gasteiger charge is -2.38. The van der Waals surface area contributed by atoms with Gasteiger partial charge in [-0.3, -0.25) is 9.97 Å². The van der Waals surface area contributed by atoms with Crippen molar-refractivity contribution in [1.82, 2.24) is 19.9 Å². The monoisotopic (exact) mass is 517 g/mol. The lowest BCUT2D eigenvalue weighted by Crippen LogP contribution is -2.32. The summed E-state index contributed by atoms with van der Waals surface area (Å²) in [5, 5.41) is 0.349. The lowest BCUT2D eigenvalue weighted by atomic mass is 10.0. The van der Waals surface area contributed by atoms with E-state index in [1.54, 1.807) is 30.7 Å². The Morgan fingerprint density at radius 1 is 1.00 bits per heavy atom. The number of hydrogen-bond acceptors (Lipinski definition) is 6. The smallest absolute Gasteiger partial charge is 0.159 e. The molecule has 1 aliphatic heterocycles. The molecule has 0 saturated carbocycles. The predicted octanol–water partition coefficient (Wildman–Crippen LogP) is 6.65. The minimum atomic E-state index is -0.790. The van der Waals surface area contributed by atoms with Crippen molar-refractivity contribution < 1.29 is 13.5 Å². The van der Waals surface area contributed by atoms with Crippen LogP contribution < -0.4 is 4.90 Å². The summed E-state index contributed by atoms with van der Waals surface area (Å²) in [6.07, 6.45) is 7.91. The lowest BCUT2D eigenvalue weighted by molar-refractivity contribution is 0.198. The first-order valence-corrected chi connectivity index (χ1v) is 11.9. The maximum atomic E-state index is 14.2. The van der Waals surface area contributed by atoms with Gasteiger partial charge in [0.25, 0.3) is 0 Å². The zero-order valence-electron chi connectivity index (χ0n) is 20.1. The summed E-state index contributed by atoms with van der Waals surface area (Å²) in [5.41, 5.74) is 4.16. The molecule has 0 aliphatic carbocycles. The highest BCUT2D eigenvalue weighted by molar-refractivity contribution is 6.31. The average Bonchev–Trinajstić information content (AvgIpc) is 2.90. The molecule has 6 nitrogen and oxygen atoms in total. The van der Waals surface area contributed by atoms with E-state index < -0.39 is 17.7 Å². The average molecular weight is 518 g/mol. The number of allylic oxidation sites excluding steroid dienone is 2. The van der Waals surface area contributed by atoms with Crippen molar-refractivity contribution in [2.24, 2.45) is 0 Å². The SMILES string of the molecule is CC1=CC(OCc2ncc(F)cc2F)=C(Cl)C(c2ccnc(-c3ccccc3)n2)N1c1ccncc1C. The summed E-state index contributed by atoms with van der Waals surface area (Å²) < 4.78 is 33.4. The predicted molar refractivity (Wildman–Crippen MR) is 137 cm³/mol. The van der Waals surface area contributed by atoms with Crippen LogP contribution in [0.15, 0.2) is 95.9 Å². The fraction of sp³-hybridized carbons (Fsp3) is 0.143. The second kappa shape index (κ2) is 10.4. The summed E-state index contributed by atoms with van der Waals surface area (Å²) >= 11 is 6.99. The Balaban J connectivity index is 1.58. The van der Waals surface area contributed by atoms with Gasteiger partial charge in [0.2, 0.25) is 0 Å². The molecule has 0 spiro atoms. The zero-order chi connectivity index (χ0) is 25.9. The van der Waals surface area contributed by atoms with E-state index in [9.17, 15) is 8.78 Å². The highest BCUT2D eigenvalue weighted by Gasteiger charge is 2.34. The normalized spacial score (nSPS) is 15.5. The van der Waals surface area contributed by atoms with Crippen LogP contribution in [0.5, 0.6) is 0 Å². The van der Waals surface area contributed by atoms with Gasteiger partial charge in [-0.1, -0.05) is 41.9 Å². The highest BCUT2D eigenvalue weighted by atomic mass is 35.5. The van der Waals surface area contributed by atoms with Gasteiger partial charge in [0.05, 0.1) is 16.9 Å². The second-order valence-corrected chi connectivity index (χ2v) is 8.88. The number of aryl methyl sites for hydroxylation is 1. The number of pyridine rings is 2. The van der Waals surface area contributed by atoms with Crippen LogP contribution in [-0.4, -0.2) is 19.9 Å². The van der Waals surface area contributed by atoms with E-state index in [0.29, 0.717) is 22.3 Å². The number of benzene rings is 1. The molecule has 186 valence electrons. The Hall–Kier alpha value is -4.17. The minimum Gasteiger partial charge on any atom is -0.486 e. The number of ether oxygens (including phenoxy) is 1. The summed E-state index contributed by atoms with van der Waals surface area (Å²) in [7, 11) is 0. The fourth-order valence-corrected chi connectivity index (χ4v) is 4.48. The second-order valence-electron chi connectivity index (χ2n) is 8.47. The fourth-order valence-electron chi connectivity index (χ4n) is 4.16. The van der Waals surface area contributed by atoms with Crippen molar-refractivity contribution in [3.8, 4) is 11.4 Å². The van der Waals surface area contributed by atoms with E-state index in [1.165, 1.54) is 0 Å². The maximum Gasteiger partial charge on any atom is 0.159 e. The summed E-state index contributed by atoms with van der Waals surface area (Å²) in [6.45, 7) is 3.67.